The Balaban J connectivity index is 1.55. The normalized spacial score (nSPS) is 11.3. The zero-order chi connectivity index (χ0) is 34.6. The third-order valence-corrected chi connectivity index (χ3v) is 15.5. The number of ether oxygens (including phenoxy) is 4. The minimum atomic E-state index is -1.79. The lowest BCUT2D eigenvalue weighted by molar-refractivity contribution is -0.138. The summed E-state index contributed by atoms with van der Waals surface area (Å²) in [7, 11) is -3.57. The largest absolute Gasteiger partial charge is 0.463 e. The highest BCUT2D eigenvalue weighted by molar-refractivity contribution is 9.10. The first kappa shape index (κ1) is 37.4. The van der Waals surface area contributed by atoms with Crippen molar-refractivity contribution in [3.05, 3.63) is 108 Å². The van der Waals surface area contributed by atoms with Crippen molar-refractivity contribution in [3.63, 3.8) is 0 Å². The highest BCUT2D eigenvalue weighted by Crippen LogP contribution is 2.23. The van der Waals surface area contributed by atoms with E-state index in [0.717, 1.165) is 37.1 Å². The van der Waals surface area contributed by atoms with E-state index < -0.39 is 40.0 Å². The van der Waals surface area contributed by atoms with Crippen LogP contribution < -0.4 is 19.8 Å². The minimum Gasteiger partial charge on any atom is -0.463 e. The number of benzene rings is 3. The average molecular weight is 738 g/mol. The molecule has 3 aromatic rings. The average Bonchev–Trinajstić information content (AvgIpc) is 3.05. The Bertz CT molecular complexity index is 1600. The number of carbonyl (C=O) groups is 4. The van der Waals surface area contributed by atoms with Gasteiger partial charge in [0.05, 0.1) is 40.5 Å². The van der Waals surface area contributed by atoms with Gasteiger partial charge >= 0.3 is 23.9 Å². The predicted octanol–water partition coefficient (Wildman–Crippen LogP) is 6.96. The molecule has 0 aliphatic heterocycles. The van der Waals surface area contributed by atoms with E-state index >= 15 is 0 Å². The van der Waals surface area contributed by atoms with Crippen LogP contribution in [0.2, 0.25) is 38.3 Å². The maximum atomic E-state index is 13.0. The smallest absolute Gasteiger partial charge is 0.344 e. The molecule has 248 valence electrons. The first-order valence-corrected chi connectivity index (χ1v) is 22.5. The quantitative estimate of drug-likeness (QED) is 0.0512. The Morgan fingerprint density at radius 2 is 1.09 bits per heavy atom. The van der Waals surface area contributed by atoms with Crippen molar-refractivity contribution >= 4 is 66.3 Å². The topological polar surface area (TPSA) is 105 Å². The summed E-state index contributed by atoms with van der Waals surface area (Å²) in [6, 6.07) is 21.4. The van der Waals surface area contributed by atoms with Gasteiger partial charge in [-0.05, 0) is 71.2 Å². The first-order chi connectivity index (χ1) is 22.3. The second-order valence-electron chi connectivity index (χ2n) is 12.2. The number of carbonyl (C=O) groups excluding carboxylic acids is 4. The van der Waals surface area contributed by atoms with Crippen molar-refractivity contribution in [2.75, 3.05) is 13.2 Å². The molecule has 0 amide bonds. The summed E-state index contributed by atoms with van der Waals surface area (Å²) in [5.41, 5.74) is 0.544. The Morgan fingerprint density at radius 1 is 0.660 bits per heavy atom. The lowest BCUT2D eigenvalue weighted by Crippen LogP contribution is -2.41. The van der Waals surface area contributed by atoms with Crippen LogP contribution in [0.4, 0.5) is 0 Å². The van der Waals surface area contributed by atoms with Gasteiger partial charge in [-0.25, -0.2) is 19.2 Å². The molecule has 0 heterocycles. The van der Waals surface area contributed by atoms with Gasteiger partial charge in [-0.1, -0.05) is 86.1 Å². The van der Waals surface area contributed by atoms with Crippen molar-refractivity contribution in [1.29, 1.82) is 0 Å². The zero-order valence-electron chi connectivity index (χ0n) is 27.3. The molecule has 0 radical (unpaired) electrons. The van der Waals surface area contributed by atoms with E-state index in [2.05, 4.69) is 55.3 Å². The molecule has 0 unspecified atom stereocenters. The van der Waals surface area contributed by atoms with E-state index in [1.54, 1.807) is 24.3 Å². The molecule has 0 saturated carbocycles. The number of hydrogen-bond acceptors (Lipinski definition) is 8. The van der Waals surface area contributed by atoms with E-state index in [1.165, 1.54) is 28.6 Å². The summed E-state index contributed by atoms with van der Waals surface area (Å²) in [5.74, 6) is -1.13. The van der Waals surface area contributed by atoms with Crippen LogP contribution in [-0.2, 0) is 19.1 Å². The van der Waals surface area contributed by atoms with Crippen LogP contribution in [-0.4, -0.2) is 53.2 Å². The van der Waals surface area contributed by atoms with E-state index in [0.29, 0.717) is 29.2 Å². The molecule has 3 rings (SSSR count). The Hall–Kier alpha value is -4.07. The number of halogens is 1. The molecular formula is C36H41BrO8Si2. The molecule has 0 N–H and O–H groups in total. The molecular weight excluding hydrogens is 696 g/mol. The summed E-state index contributed by atoms with van der Waals surface area (Å²) in [6.45, 7) is 16.5. The summed E-state index contributed by atoms with van der Waals surface area (Å²) in [6.07, 6.45) is 3.84. The highest BCUT2D eigenvalue weighted by atomic mass is 79.9. The summed E-state index contributed by atoms with van der Waals surface area (Å²) < 4.78 is 21.8. The lowest BCUT2D eigenvalue weighted by atomic mass is 10.1. The highest BCUT2D eigenvalue weighted by Gasteiger charge is 2.25. The van der Waals surface area contributed by atoms with Gasteiger partial charge in [0.1, 0.15) is 11.5 Å². The maximum Gasteiger partial charge on any atom is 0.344 e. The summed E-state index contributed by atoms with van der Waals surface area (Å²) in [5, 5.41) is 2.39. The van der Waals surface area contributed by atoms with Gasteiger partial charge in [-0.15, -0.1) is 0 Å². The molecule has 0 aliphatic carbocycles. The molecule has 0 aliphatic rings. The molecule has 0 atom stereocenters. The fourth-order valence-corrected chi connectivity index (χ4v) is 10.2. The van der Waals surface area contributed by atoms with E-state index in [4.69, 9.17) is 18.9 Å². The minimum absolute atomic E-state index is 0.269. The molecule has 11 heteroatoms. The molecule has 0 aromatic heterocycles. The third-order valence-electron chi connectivity index (χ3n) is 7.83. The van der Waals surface area contributed by atoms with Gasteiger partial charge in [-0.3, -0.25) is 0 Å². The van der Waals surface area contributed by atoms with Gasteiger partial charge in [0.15, 0.2) is 0 Å². The van der Waals surface area contributed by atoms with Gasteiger partial charge in [0, 0.05) is 16.6 Å². The fraction of sp³-hybridized carbons (Fsp3) is 0.278. The third kappa shape index (κ3) is 11.3. The van der Waals surface area contributed by atoms with Crippen molar-refractivity contribution in [2.24, 2.45) is 0 Å². The molecule has 8 nitrogen and oxygen atoms in total. The van der Waals surface area contributed by atoms with Crippen LogP contribution >= 0.6 is 15.9 Å². The standard InChI is InChI=1S/C36H41BrO8Si2/c1-7-33(38)42-21-9-23-46(3,4)29-16-12-27(13-17-29)44-35(40)26-11-20-31(32(37)25-26)36(41)45-28-14-18-30(19-15-28)47(5,6)24-10-22-43-34(39)8-2/h7-8,11-20,25H,1-2,9-10,21-24H2,3-6H3. The summed E-state index contributed by atoms with van der Waals surface area (Å²) in [4.78, 5) is 48.3. The van der Waals surface area contributed by atoms with Gasteiger partial charge < -0.3 is 18.9 Å². The van der Waals surface area contributed by atoms with Crippen LogP contribution in [0.25, 0.3) is 0 Å². The predicted molar refractivity (Wildman–Crippen MR) is 192 cm³/mol. The van der Waals surface area contributed by atoms with Crippen LogP contribution in [0.15, 0.2) is 96.5 Å². The van der Waals surface area contributed by atoms with E-state index in [1.807, 2.05) is 24.3 Å². The number of hydrogen-bond donors (Lipinski definition) is 0. The van der Waals surface area contributed by atoms with Crippen molar-refractivity contribution in [1.82, 2.24) is 0 Å². The lowest BCUT2D eigenvalue weighted by Gasteiger charge is -2.23. The SMILES string of the molecule is C=CC(=O)OCCC[Si](C)(C)c1ccc(OC(=O)c2ccc(C(=O)Oc3ccc([Si](C)(C)CCCOC(=O)C=C)cc3)c(Br)c2)cc1. The van der Waals surface area contributed by atoms with Gasteiger partial charge in [-0.2, -0.15) is 0 Å². The molecule has 0 fully saturated rings. The van der Waals surface area contributed by atoms with E-state index in [9.17, 15) is 19.2 Å². The molecule has 0 spiro atoms. The van der Waals surface area contributed by atoms with Gasteiger partial charge in [0.25, 0.3) is 0 Å². The second-order valence-corrected chi connectivity index (χ2v) is 22.8. The van der Waals surface area contributed by atoms with Crippen LogP contribution in [0.3, 0.4) is 0 Å². The Morgan fingerprint density at radius 3 is 1.49 bits per heavy atom. The Kier molecular flexibility index (Phi) is 13.7. The van der Waals surface area contributed by atoms with Crippen molar-refractivity contribution in [3.8, 4) is 11.5 Å². The zero-order valence-corrected chi connectivity index (χ0v) is 30.9. The number of esters is 4. The fourth-order valence-electron chi connectivity index (χ4n) is 4.86. The van der Waals surface area contributed by atoms with Crippen molar-refractivity contribution in [2.45, 2.75) is 51.1 Å². The maximum absolute atomic E-state index is 13.0. The van der Waals surface area contributed by atoms with Gasteiger partial charge in [0.2, 0.25) is 0 Å². The van der Waals surface area contributed by atoms with Crippen LogP contribution in [0.1, 0.15) is 33.6 Å². The van der Waals surface area contributed by atoms with Crippen LogP contribution in [0.5, 0.6) is 11.5 Å². The Labute approximate surface area is 286 Å². The van der Waals surface area contributed by atoms with Crippen molar-refractivity contribution < 1.29 is 38.1 Å². The number of rotatable bonds is 16. The summed E-state index contributed by atoms with van der Waals surface area (Å²) >= 11 is 3.40. The second kappa shape index (κ2) is 17.2. The molecule has 0 saturated heterocycles. The first-order valence-electron chi connectivity index (χ1n) is 15.3. The molecule has 3 aromatic carbocycles. The molecule has 0 bridgehead atoms. The molecule has 47 heavy (non-hydrogen) atoms. The van der Waals surface area contributed by atoms with Crippen LogP contribution in [0, 0.1) is 0 Å². The van der Waals surface area contributed by atoms with E-state index in [-0.39, 0.29) is 11.1 Å². The monoisotopic (exact) mass is 736 g/mol.